The highest BCUT2D eigenvalue weighted by Gasteiger charge is 2.27. The van der Waals surface area contributed by atoms with Crippen LogP contribution in [-0.4, -0.2) is 35.3 Å². The van der Waals surface area contributed by atoms with E-state index in [9.17, 15) is 14.9 Å². The van der Waals surface area contributed by atoms with Gasteiger partial charge in [-0.3, -0.25) is 10.1 Å². The number of rotatable bonds is 4. The Kier molecular flexibility index (Phi) is 3.35. The highest BCUT2D eigenvalue weighted by atomic mass is 35.5. The number of carboxylic acid groups (broad SMARTS) is 1. The lowest BCUT2D eigenvalue weighted by Crippen LogP contribution is -2.39. The second kappa shape index (κ2) is 4.79. The van der Waals surface area contributed by atoms with E-state index in [0.29, 0.717) is 13.2 Å². The number of carbonyl (C=O) groups is 1. The molecule has 0 saturated carbocycles. The summed E-state index contributed by atoms with van der Waals surface area (Å²) in [4.78, 5) is 21.0. The van der Waals surface area contributed by atoms with Crippen LogP contribution in [0.5, 0.6) is 5.75 Å². The maximum atomic E-state index is 11.0. The van der Waals surface area contributed by atoms with Gasteiger partial charge in [-0.1, -0.05) is 11.6 Å². The van der Waals surface area contributed by atoms with Crippen molar-refractivity contribution < 1.29 is 24.3 Å². The van der Waals surface area contributed by atoms with Crippen molar-refractivity contribution >= 4 is 23.3 Å². The first-order chi connectivity index (χ1) is 8.49. The van der Waals surface area contributed by atoms with Gasteiger partial charge in [-0.25, -0.2) is 4.79 Å². The molecule has 1 aromatic carbocycles. The SMILES string of the molecule is O=C(O)c1cc([N+](=O)[O-])cc(Cl)c1OC1COC1. The molecule has 1 aromatic rings. The maximum Gasteiger partial charge on any atom is 0.339 e. The quantitative estimate of drug-likeness (QED) is 0.662. The Morgan fingerprint density at radius 1 is 1.56 bits per heavy atom. The van der Waals surface area contributed by atoms with E-state index in [-0.39, 0.29) is 22.4 Å². The zero-order valence-corrected chi connectivity index (χ0v) is 9.72. The molecule has 8 heteroatoms. The number of hydrogen-bond acceptors (Lipinski definition) is 5. The Morgan fingerprint density at radius 2 is 2.22 bits per heavy atom. The summed E-state index contributed by atoms with van der Waals surface area (Å²) < 4.78 is 10.2. The van der Waals surface area contributed by atoms with Crippen LogP contribution in [0.2, 0.25) is 5.02 Å². The van der Waals surface area contributed by atoms with Gasteiger partial charge in [0.15, 0.2) is 5.75 Å². The number of benzene rings is 1. The molecule has 7 nitrogen and oxygen atoms in total. The normalized spacial score (nSPS) is 14.9. The van der Waals surface area contributed by atoms with E-state index in [1.807, 2.05) is 0 Å². The molecule has 0 spiro atoms. The minimum atomic E-state index is -1.34. The van der Waals surface area contributed by atoms with Crippen LogP contribution in [0.1, 0.15) is 10.4 Å². The van der Waals surface area contributed by atoms with Gasteiger partial charge in [0.2, 0.25) is 0 Å². The fourth-order valence-corrected chi connectivity index (χ4v) is 1.67. The minimum absolute atomic E-state index is 0.0666. The Labute approximate surface area is 106 Å². The average molecular weight is 274 g/mol. The van der Waals surface area contributed by atoms with E-state index in [1.54, 1.807) is 0 Å². The molecule has 0 aliphatic carbocycles. The third kappa shape index (κ3) is 2.36. The number of nitro benzene ring substituents is 1. The van der Waals surface area contributed by atoms with E-state index < -0.39 is 16.6 Å². The molecular weight excluding hydrogens is 266 g/mol. The van der Waals surface area contributed by atoms with Gasteiger partial charge in [-0.2, -0.15) is 0 Å². The number of non-ortho nitro benzene ring substituents is 1. The molecule has 1 saturated heterocycles. The lowest BCUT2D eigenvalue weighted by Gasteiger charge is -2.27. The number of carboxylic acids is 1. The van der Waals surface area contributed by atoms with Crippen molar-refractivity contribution in [3.8, 4) is 5.75 Å². The van der Waals surface area contributed by atoms with E-state index in [2.05, 4.69) is 0 Å². The van der Waals surface area contributed by atoms with Crippen molar-refractivity contribution in [2.75, 3.05) is 13.2 Å². The molecule has 1 N–H and O–H groups in total. The van der Waals surface area contributed by atoms with Gasteiger partial charge in [0.1, 0.15) is 11.7 Å². The van der Waals surface area contributed by atoms with Crippen molar-refractivity contribution in [3.63, 3.8) is 0 Å². The molecule has 0 amide bonds. The molecule has 18 heavy (non-hydrogen) atoms. The predicted molar refractivity (Wildman–Crippen MR) is 60.3 cm³/mol. The predicted octanol–water partition coefficient (Wildman–Crippen LogP) is 1.72. The molecule has 2 rings (SSSR count). The van der Waals surface area contributed by atoms with Crippen LogP contribution >= 0.6 is 11.6 Å². The largest absolute Gasteiger partial charge is 0.483 e. The maximum absolute atomic E-state index is 11.0. The Bertz CT molecular complexity index is 513. The van der Waals surface area contributed by atoms with E-state index >= 15 is 0 Å². The second-order valence-corrected chi connectivity index (χ2v) is 4.05. The van der Waals surface area contributed by atoms with Crippen molar-refractivity contribution in [2.45, 2.75) is 6.10 Å². The first kappa shape index (κ1) is 12.6. The first-order valence-electron chi connectivity index (χ1n) is 4.94. The van der Waals surface area contributed by atoms with Gasteiger partial charge in [-0.05, 0) is 0 Å². The summed E-state index contributed by atoms with van der Waals surface area (Å²) in [5.74, 6) is -1.40. The van der Waals surface area contributed by atoms with Gasteiger partial charge in [-0.15, -0.1) is 0 Å². The molecule has 1 heterocycles. The summed E-state index contributed by atoms with van der Waals surface area (Å²) in [5, 5.41) is 19.5. The summed E-state index contributed by atoms with van der Waals surface area (Å²) in [6.45, 7) is 0.679. The van der Waals surface area contributed by atoms with Gasteiger partial charge in [0.25, 0.3) is 5.69 Å². The standard InChI is InChI=1S/C10H8ClNO6/c11-8-2-5(12(15)16)1-7(10(13)14)9(8)18-6-3-17-4-6/h1-2,6H,3-4H2,(H,13,14). The third-order valence-corrected chi connectivity index (χ3v) is 2.64. The van der Waals surface area contributed by atoms with Gasteiger partial charge < -0.3 is 14.6 Å². The summed E-state index contributed by atoms with van der Waals surface area (Å²) in [6.07, 6.45) is -0.276. The van der Waals surface area contributed by atoms with E-state index in [0.717, 1.165) is 12.1 Å². The Hall–Kier alpha value is -1.86. The zero-order valence-electron chi connectivity index (χ0n) is 8.96. The molecule has 96 valence electrons. The van der Waals surface area contributed by atoms with E-state index in [4.69, 9.17) is 26.2 Å². The van der Waals surface area contributed by atoms with Crippen LogP contribution < -0.4 is 4.74 Å². The number of aromatic carboxylic acids is 1. The van der Waals surface area contributed by atoms with Crippen molar-refractivity contribution in [1.29, 1.82) is 0 Å². The van der Waals surface area contributed by atoms with Crippen LogP contribution in [0.3, 0.4) is 0 Å². The highest BCUT2D eigenvalue weighted by molar-refractivity contribution is 6.32. The second-order valence-electron chi connectivity index (χ2n) is 3.64. The topological polar surface area (TPSA) is 98.9 Å². The monoisotopic (exact) mass is 273 g/mol. The van der Waals surface area contributed by atoms with Crippen molar-refractivity contribution in [2.24, 2.45) is 0 Å². The zero-order chi connectivity index (χ0) is 13.3. The summed E-state index contributed by atoms with van der Waals surface area (Å²) in [5.41, 5.74) is -0.726. The fraction of sp³-hybridized carbons (Fsp3) is 0.300. The third-order valence-electron chi connectivity index (χ3n) is 2.36. The van der Waals surface area contributed by atoms with Crippen LogP contribution in [0.15, 0.2) is 12.1 Å². The molecule has 1 fully saturated rings. The fourth-order valence-electron chi connectivity index (χ4n) is 1.41. The molecule has 0 atom stereocenters. The lowest BCUT2D eigenvalue weighted by molar-refractivity contribution is -0.384. The Morgan fingerprint density at radius 3 is 2.67 bits per heavy atom. The van der Waals surface area contributed by atoms with Crippen LogP contribution in [0, 0.1) is 10.1 Å². The summed E-state index contributed by atoms with van der Waals surface area (Å²) in [6, 6.07) is 1.98. The van der Waals surface area contributed by atoms with Gasteiger partial charge >= 0.3 is 5.97 Å². The average Bonchev–Trinajstić information content (AvgIpc) is 2.23. The van der Waals surface area contributed by atoms with E-state index in [1.165, 1.54) is 0 Å². The summed E-state index contributed by atoms with van der Waals surface area (Å²) in [7, 11) is 0. The van der Waals surface area contributed by atoms with Crippen LogP contribution in [0.4, 0.5) is 5.69 Å². The summed E-state index contributed by atoms with van der Waals surface area (Å²) >= 11 is 5.81. The minimum Gasteiger partial charge on any atom is -0.483 e. The van der Waals surface area contributed by atoms with Crippen molar-refractivity contribution in [1.82, 2.24) is 0 Å². The number of halogens is 1. The van der Waals surface area contributed by atoms with Crippen molar-refractivity contribution in [3.05, 3.63) is 32.8 Å². The number of nitro groups is 1. The molecule has 0 aromatic heterocycles. The first-order valence-corrected chi connectivity index (χ1v) is 5.32. The van der Waals surface area contributed by atoms with Gasteiger partial charge in [0.05, 0.1) is 23.2 Å². The van der Waals surface area contributed by atoms with Crippen LogP contribution in [0.25, 0.3) is 0 Å². The van der Waals surface area contributed by atoms with Crippen LogP contribution in [-0.2, 0) is 4.74 Å². The molecule has 1 aliphatic rings. The molecular formula is C10H8ClNO6. The van der Waals surface area contributed by atoms with Gasteiger partial charge in [0, 0.05) is 12.1 Å². The highest BCUT2D eigenvalue weighted by Crippen LogP contribution is 2.34. The number of nitrogens with zero attached hydrogens (tertiary/aromatic N) is 1. The molecule has 1 aliphatic heterocycles. The number of ether oxygens (including phenoxy) is 2. The Balaban J connectivity index is 2.42. The molecule has 0 unspecified atom stereocenters. The lowest BCUT2D eigenvalue weighted by atomic mass is 10.1. The molecule has 0 radical (unpaired) electrons. The smallest absolute Gasteiger partial charge is 0.339 e. The molecule has 0 bridgehead atoms. The number of hydrogen-bond donors (Lipinski definition) is 1.